The first kappa shape index (κ1) is 16.9. The summed E-state index contributed by atoms with van der Waals surface area (Å²) in [6.45, 7) is 7.49. The van der Waals surface area contributed by atoms with Gasteiger partial charge in [0.15, 0.2) is 0 Å². The minimum absolute atomic E-state index is 0.170. The van der Waals surface area contributed by atoms with Crippen molar-refractivity contribution in [2.45, 2.75) is 71.8 Å². The molecule has 0 aliphatic carbocycles. The van der Waals surface area contributed by atoms with Gasteiger partial charge < -0.3 is 10.0 Å². The highest BCUT2D eigenvalue weighted by molar-refractivity contribution is 5.85. The van der Waals surface area contributed by atoms with Crippen molar-refractivity contribution < 1.29 is 14.7 Å². The van der Waals surface area contributed by atoms with Crippen molar-refractivity contribution in [3.05, 3.63) is 0 Å². The zero-order valence-corrected chi connectivity index (χ0v) is 12.2. The van der Waals surface area contributed by atoms with Gasteiger partial charge in [-0.2, -0.15) is 0 Å². The number of rotatable bonds is 9. The van der Waals surface area contributed by atoms with Crippen LogP contribution in [0.4, 0.5) is 0 Å². The summed E-state index contributed by atoms with van der Waals surface area (Å²) in [5.41, 5.74) is -1.06. The van der Waals surface area contributed by atoms with Crippen molar-refractivity contribution in [2.75, 3.05) is 6.54 Å². The Morgan fingerprint density at radius 2 is 1.67 bits per heavy atom. The van der Waals surface area contributed by atoms with Gasteiger partial charge in [-0.05, 0) is 20.3 Å². The molecule has 0 rings (SSSR count). The van der Waals surface area contributed by atoms with Gasteiger partial charge in [-0.25, -0.2) is 4.79 Å². The molecule has 0 spiro atoms. The van der Waals surface area contributed by atoms with Crippen molar-refractivity contribution >= 4 is 11.9 Å². The molecule has 0 aromatic rings. The van der Waals surface area contributed by atoms with E-state index in [2.05, 4.69) is 6.92 Å². The minimum Gasteiger partial charge on any atom is -0.480 e. The van der Waals surface area contributed by atoms with Crippen molar-refractivity contribution in [1.82, 2.24) is 4.90 Å². The molecule has 0 radical (unpaired) electrons. The fourth-order valence-corrected chi connectivity index (χ4v) is 2.35. The van der Waals surface area contributed by atoms with Crippen molar-refractivity contribution in [3.8, 4) is 0 Å². The summed E-state index contributed by atoms with van der Waals surface area (Å²) in [4.78, 5) is 24.4. The topological polar surface area (TPSA) is 57.6 Å². The molecule has 0 aliphatic rings. The molecule has 0 heterocycles. The van der Waals surface area contributed by atoms with E-state index in [1.54, 1.807) is 6.92 Å². The molecule has 0 saturated carbocycles. The van der Waals surface area contributed by atoms with Crippen LogP contribution in [-0.4, -0.2) is 34.0 Å². The van der Waals surface area contributed by atoms with Crippen molar-refractivity contribution in [1.29, 1.82) is 0 Å². The summed E-state index contributed by atoms with van der Waals surface area (Å²) in [7, 11) is 0. The molecule has 0 aliphatic heterocycles. The molecule has 1 atom stereocenters. The maximum atomic E-state index is 11.5. The van der Waals surface area contributed by atoms with Crippen LogP contribution in [0.2, 0.25) is 0 Å². The molecule has 0 aromatic carbocycles. The van der Waals surface area contributed by atoms with Gasteiger partial charge in [-0.3, -0.25) is 4.79 Å². The number of hydrogen-bond acceptors (Lipinski definition) is 2. The molecular weight excluding hydrogens is 230 g/mol. The van der Waals surface area contributed by atoms with Crippen LogP contribution in [0.25, 0.3) is 0 Å². The molecule has 1 unspecified atom stereocenters. The SMILES string of the molecule is CCCCCCCC(C)(C(=O)O)N(CC)C(C)=O. The highest BCUT2D eigenvalue weighted by Crippen LogP contribution is 2.23. The number of amides is 1. The fraction of sp³-hybridized carbons (Fsp3) is 0.857. The van der Waals surface area contributed by atoms with E-state index < -0.39 is 11.5 Å². The summed E-state index contributed by atoms with van der Waals surface area (Å²) in [6.07, 6.45) is 5.91. The number of likely N-dealkylation sites (N-methyl/N-ethyl adjacent to an activating group) is 1. The lowest BCUT2D eigenvalue weighted by Crippen LogP contribution is -2.54. The van der Waals surface area contributed by atoms with Crippen LogP contribution in [-0.2, 0) is 9.59 Å². The number of hydrogen-bond donors (Lipinski definition) is 1. The third kappa shape index (κ3) is 4.67. The summed E-state index contributed by atoms with van der Waals surface area (Å²) in [5.74, 6) is -1.08. The number of unbranched alkanes of at least 4 members (excludes halogenated alkanes) is 4. The third-order valence-electron chi connectivity index (χ3n) is 3.52. The lowest BCUT2D eigenvalue weighted by Gasteiger charge is -2.36. The van der Waals surface area contributed by atoms with Crippen molar-refractivity contribution in [2.24, 2.45) is 0 Å². The Hall–Kier alpha value is -1.06. The van der Waals surface area contributed by atoms with Gasteiger partial charge in [-0.15, -0.1) is 0 Å². The first-order valence-electron chi connectivity index (χ1n) is 6.91. The Kier molecular flexibility index (Phi) is 7.64. The third-order valence-corrected chi connectivity index (χ3v) is 3.52. The Morgan fingerprint density at radius 3 is 2.06 bits per heavy atom. The number of carbonyl (C=O) groups is 2. The Bertz CT molecular complexity index is 278. The average Bonchev–Trinajstić information content (AvgIpc) is 2.28. The normalized spacial score (nSPS) is 14.0. The molecular formula is C14H27NO3. The zero-order valence-electron chi connectivity index (χ0n) is 12.2. The van der Waals surface area contributed by atoms with Gasteiger partial charge in [0.25, 0.3) is 0 Å². The Morgan fingerprint density at radius 1 is 1.11 bits per heavy atom. The smallest absolute Gasteiger partial charge is 0.329 e. The van der Waals surface area contributed by atoms with Crippen LogP contribution in [0, 0.1) is 0 Å². The molecule has 4 nitrogen and oxygen atoms in total. The summed E-state index contributed by atoms with van der Waals surface area (Å²) in [5, 5.41) is 9.39. The summed E-state index contributed by atoms with van der Waals surface area (Å²) < 4.78 is 0. The molecule has 1 amide bonds. The van der Waals surface area contributed by atoms with E-state index >= 15 is 0 Å². The lowest BCUT2D eigenvalue weighted by molar-refractivity contribution is -0.157. The van der Waals surface area contributed by atoms with Crippen LogP contribution < -0.4 is 0 Å². The van der Waals surface area contributed by atoms with E-state index in [9.17, 15) is 14.7 Å². The predicted octanol–water partition coefficient (Wildman–Crippen LogP) is 3.06. The molecule has 0 fully saturated rings. The zero-order chi connectivity index (χ0) is 14.2. The highest BCUT2D eigenvalue weighted by Gasteiger charge is 2.39. The van der Waals surface area contributed by atoms with E-state index in [0.29, 0.717) is 13.0 Å². The van der Waals surface area contributed by atoms with Gasteiger partial charge >= 0.3 is 5.97 Å². The number of aliphatic carboxylic acids is 1. The summed E-state index contributed by atoms with van der Waals surface area (Å²) >= 11 is 0. The number of carboxylic acids is 1. The van der Waals surface area contributed by atoms with Crippen LogP contribution in [0.1, 0.15) is 66.2 Å². The largest absolute Gasteiger partial charge is 0.480 e. The van der Waals surface area contributed by atoms with Crippen LogP contribution >= 0.6 is 0 Å². The lowest BCUT2D eigenvalue weighted by atomic mass is 9.91. The molecule has 18 heavy (non-hydrogen) atoms. The number of nitrogens with zero attached hydrogens (tertiary/aromatic N) is 1. The average molecular weight is 257 g/mol. The Balaban J connectivity index is 4.52. The van der Waals surface area contributed by atoms with E-state index in [1.807, 2.05) is 6.92 Å². The van der Waals surface area contributed by atoms with E-state index in [0.717, 1.165) is 19.3 Å². The molecule has 0 aromatic heterocycles. The second-order valence-electron chi connectivity index (χ2n) is 5.01. The minimum atomic E-state index is -1.06. The standard InChI is InChI=1S/C14H27NO3/c1-5-7-8-9-10-11-14(4,13(17)18)15(6-2)12(3)16/h5-11H2,1-4H3,(H,17,18). The van der Waals surface area contributed by atoms with Crippen molar-refractivity contribution in [3.63, 3.8) is 0 Å². The van der Waals surface area contributed by atoms with Gasteiger partial charge in [-0.1, -0.05) is 39.0 Å². The maximum absolute atomic E-state index is 11.5. The second-order valence-corrected chi connectivity index (χ2v) is 5.01. The van der Waals surface area contributed by atoms with Gasteiger partial charge in [0, 0.05) is 13.5 Å². The fourth-order valence-electron chi connectivity index (χ4n) is 2.35. The predicted molar refractivity (Wildman–Crippen MR) is 72.5 cm³/mol. The summed E-state index contributed by atoms with van der Waals surface area (Å²) in [6, 6.07) is 0. The molecule has 0 saturated heterocycles. The second kappa shape index (κ2) is 8.11. The van der Waals surface area contributed by atoms with Gasteiger partial charge in [0.05, 0.1) is 0 Å². The van der Waals surface area contributed by atoms with E-state index in [1.165, 1.54) is 24.7 Å². The monoisotopic (exact) mass is 257 g/mol. The molecule has 1 N–H and O–H groups in total. The van der Waals surface area contributed by atoms with Crippen LogP contribution in [0.5, 0.6) is 0 Å². The van der Waals surface area contributed by atoms with E-state index in [4.69, 9.17) is 0 Å². The molecule has 106 valence electrons. The quantitative estimate of drug-likeness (QED) is 0.646. The molecule has 0 bridgehead atoms. The Labute approximate surface area is 110 Å². The van der Waals surface area contributed by atoms with Crippen LogP contribution in [0.3, 0.4) is 0 Å². The van der Waals surface area contributed by atoms with Gasteiger partial charge in [0.2, 0.25) is 5.91 Å². The van der Waals surface area contributed by atoms with Crippen LogP contribution in [0.15, 0.2) is 0 Å². The maximum Gasteiger partial charge on any atom is 0.329 e. The highest BCUT2D eigenvalue weighted by atomic mass is 16.4. The van der Waals surface area contributed by atoms with E-state index in [-0.39, 0.29) is 5.91 Å². The number of carboxylic acid groups (broad SMARTS) is 1. The first-order valence-corrected chi connectivity index (χ1v) is 6.91. The van der Waals surface area contributed by atoms with Gasteiger partial charge in [0.1, 0.15) is 5.54 Å². The number of carbonyl (C=O) groups excluding carboxylic acids is 1. The molecule has 4 heteroatoms. The first-order chi connectivity index (χ1) is 8.40.